The van der Waals surface area contributed by atoms with Crippen molar-refractivity contribution in [2.75, 3.05) is 20.2 Å². The third-order valence-electron chi connectivity index (χ3n) is 1.93. The monoisotopic (exact) mass is 242 g/mol. The summed E-state index contributed by atoms with van der Waals surface area (Å²) >= 11 is 5.91. The third-order valence-corrected chi connectivity index (χ3v) is 2.24. The van der Waals surface area contributed by atoms with E-state index in [9.17, 15) is 4.79 Å². The van der Waals surface area contributed by atoms with Gasteiger partial charge in [-0.3, -0.25) is 0 Å². The molecule has 2 N–H and O–H groups in total. The molecule has 0 fully saturated rings. The second-order valence-corrected chi connectivity index (χ2v) is 3.55. The average Bonchev–Trinajstić information content (AvgIpc) is 2.30. The number of ether oxygens (including phenoxy) is 1. The standard InChI is InChI=1S/C11H15ClN2O2/c1-13-11(15)14-7-4-8-16-10-6-3-2-5-9(10)12/h2-3,5-6H,4,7-8H2,1H3,(H2,13,14,15). The van der Waals surface area contributed by atoms with Crippen LogP contribution in [-0.4, -0.2) is 26.2 Å². The first kappa shape index (κ1) is 12.6. The summed E-state index contributed by atoms with van der Waals surface area (Å²) < 4.78 is 5.45. The zero-order valence-corrected chi connectivity index (χ0v) is 9.88. The van der Waals surface area contributed by atoms with Gasteiger partial charge in [0.05, 0.1) is 11.6 Å². The van der Waals surface area contributed by atoms with E-state index in [0.29, 0.717) is 23.9 Å². The molecule has 1 aromatic carbocycles. The third kappa shape index (κ3) is 4.40. The highest BCUT2D eigenvalue weighted by molar-refractivity contribution is 6.32. The molecule has 0 aliphatic heterocycles. The molecule has 5 heteroatoms. The van der Waals surface area contributed by atoms with E-state index >= 15 is 0 Å². The molecule has 0 spiro atoms. The minimum absolute atomic E-state index is 0.183. The number of amides is 2. The fourth-order valence-electron chi connectivity index (χ4n) is 1.11. The molecule has 16 heavy (non-hydrogen) atoms. The molecule has 88 valence electrons. The first-order valence-corrected chi connectivity index (χ1v) is 5.44. The van der Waals surface area contributed by atoms with E-state index in [1.54, 1.807) is 13.1 Å². The van der Waals surface area contributed by atoms with Crippen molar-refractivity contribution in [2.45, 2.75) is 6.42 Å². The van der Waals surface area contributed by atoms with Crippen LogP contribution in [0.25, 0.3) is 0 Å². The molecule has 0 saturated carbocycles. The summed E-state index contributed by atoms with van der Waals surface area (Å²) in [5.74, 6) is 0.670. The number of benzene rings is 1. The van der Waals surface area contributed by atoms with E-state index in [2.05, 4.69) is 10.6 Å². The van der Waals surface area contributed by atoms with Gasteiger partial charge in [0.25, 0.3) is 0 Å². The topological polar surface area (TPSA) is 50.4 Å². The van der Waals surface area contributed by atoms with Gasteiger partial charge in [0.1, 0.15) is 5.75 Å². The highest BCUT2D eigenvalue weighted by atomic mass is 35.5. The fraction of sp³-hybridized carbons (Fsp3) is 0.364. The maximum Gasteiger partial charge on any atom is 0.314 e. The van der Waals surface area contributed by atoms with Crippen molar-refractivity contribution in [2.24, 2.45) is 0 Å². The van der Waals surface area contributed by atoms with Crippen molar-refractivity contribution in [3.05, 3.63) is 29.3 Å². The van der Waals surface area contributed by atoms with Gasteiger partial charge in [-0.15, -0.1) is 0 Å². The molecule has 2 amide bonds. The number of halogens is 1. The van der Waals surface area contributed by atoms with Gasteiger partial charge < -0.3 is 15.4 Å². The Kier molecular flexibility index (Phi) is 5.50. The Balaban J connectivity index is 2.17. The molecule has 0 heterocycles. The van der Waals surface area contributed by atoms with Crippen LogP contribution in [0.1, 0.15) is 6.42 Å². The SMILES string of the molecule is CNC(=O)NCCCOc1ccccc1Cl. The number of hydrogen-bond acceptors (Lipinski definition) is 2. The fourth-order valence-corrected chi connectivity index (χ4v) is 1.30. The summed E-state index contributed by atoms with van der Waals surface area (Å²) in [6.07, 6.45) is 0.735. The molecule has 0 radical (unpaired) electrons. The van der Waals surface area contributed by atoms with Crippen LogP contribution < -0.4 is 15.4 Å². The van der Waals surface area contributed by atoms with Crippen molar-refractivity contribution in [3.8, 4) is 5.75 Å². The van der Waals surface area contributed by atoms with E-state index in [0.717, 1.165) is 6.42 Å². The van der Waals surface area contributed by atoms with Gasteiger partial charge in [0.2, 0.25) is 0 Å². The minimum atomic E-state index is -0.183. The van der Waals surface area contributed by atoms with Gasteiger partial charge in [-0.25, -0.2) is 4.79 Å². The molecule has 0 saturated heterocycles. The van der Waals surface area contributed by atoms with Gasteiger partial charge in [0, 0.05) is 13.6 Å². The lowest BCUT2D eigenvalue weighted by molar-refractivity contribution is 0.241. The summed E-state index contributed by atoms with van der Waals surface area (Å²) in [5.41, 5.74) is 0. The normalized spacial score (nSPS) is 9.62. The first-order valence-electron chi connectivity index (χ1n) is 5.07. The highest BCUT2D eigenvalue weighted by Crippen LogP contribution is 2.22. The number of rotatable bonds is 5. The lowest BCUT2D eigenvalue weighted by atomic mass is 10.3. The Bertz CT molecular complexity index is 345. The summed E-state index contributed by atoms with van der Waals surface area (Å²) in [4.78, 5) is 10.8. The van der Waals surface area contributed by atoms with Crippen molar-refractivity contribution in [1.82, 2.24) is 10.6 Å². The van der Waals surface area contributed by atoms with Crippen molar-refractivity contribution in [3.63, 3.8) is 0 Å². The lowest BCUT2D eigenvalue weighted by Crippen LogP contribution is -2.33. The predicted molar refractivity (Wildman–Crippen MR) is 64.0 cm³/mol. The van der Waals surface area contributed by atoms with Gasteiger partial charge in [-0.1, -0.05) is 23.7 Å². The molecule has 4 nitrogen and oxygen atoms in total. The van der Waals surface area contributed by atoms with E-state index in [1.807, 2.05) is 18.2 Å². The Morgan fingerprint density at radius 1 is 1.44 bits per heavy atom. The van der Waals surface area contributed by atoms with Crippen LogP contribution in [0.5, 0.6) is 5.75 Å². The Morgan fingerprint density at radius 3 is 2.88 bits per heavy atom. The van der Waals surface area contributed by atoms with Crippen LogP contribution in [0.15, 0.2) is 24.3 Å². The van der Waals surface area contributed by atoms with E-state index < -0.39 is 0 Å². The Hall–Kier alpha value is -1.42. The van der Waals surface area contributed by atoms with Gasteiger partial charge in [0.15, 0.2) is 0 Å². The maximum absolute atomic E-state index is 10.8. The van der Waals surface area contributed by atoms with E-state index in [4.69, 9.17) is 16.3 Å². The summed E-state index contributed by atoms with van der Waals surface area (Å²) in [5, 5.41) is 5.74. The molecule has 0 aromatic heterocycles. The smallest absolute Gasteiger partial charge is 0.314 e. The second kappa shape index (κ2) is 6.95. The number of carbonyl (C=O) groups is 1. The quantitative estimate of drug-likeness (QED) is 0.777. The number of nitrogens with one attached hydrogen (secondary N) is 2. The number of para-hydroxylation sites is 1. The molecule has 1 aromatic rings. The van der Waals surface area contributed by atoms with Gasteiger partial charge in [-0.2, -0.15) is 0 Å². The van der Waals surface area contributed by atoms with Crippen molar-refractivity contribution in [1.29, 1.82) is 0 Å². The van der Waals surface area contributed by atoms with Crippen LogP contribution in [-0.2, 0) is 0 Å². The maximum atomic E-state index is 10.8. The van der Waals surface area contributed by atoms with Gasteiger partial charge >= 0.3 is 6.03 Å². The number of urea groups is 1. The summed E-state index contributed by atoms with van der Waals surface area (Å²) in [7, 11) is 1.58. The van der Waals surface area contributed by atoms with Crippen molar-refractivity contribution < 1.29 is 9.53 Å². The molecular weight excluding hydrogens is 228 g/mol. The molecule has 0 unspecified atom stereocenters. The second-order valence-electron chi connectivity index (χ2n) is 3.14. The van der Waals surface area contributed by atoms with E-state index in [-0.39, 0.29) is 6.03 Å². The van der Waals surface area contributed by atoms with Crippen LogP contribution in [0.2, 0.25) is 5.02 Å². The van der Waals surface area contributed by atoms with Crippen LogP contribution in [0.3, 0.4) is 0 Å². The summed E-state index contributed by atoms with van der Waals surface area (Å²) in [6, 6.07) is 7.12. The molecule has 0 atom stereocenters. The zero-order valence-electron chi connectivity index (χ0n) is 9.13. The molecule has 0 bridgehead atoms. The molecular formula is C11H15ClN2O2. The van der Waals surface area contributed by atoms with Crippen molar-refractivity contribution >= 4 is 17.6 Å². The molecule has 1 rings (SSSR count). The van der Waals surface area contributed by atoms with Crippen LogP contribution in [0.4, 0.5) is 4.79 Å². The zero-order chi connectivity index (χ0) is 11.8. The number of hydrogen-bond donors (Lipinski definition) is 2. The number of carbonyl (C=O) groups excluding carboxylic acids is 1. The Morgan fingerprint density at radius 2 is 2.19 bits per heavy atom. The largest absolute Gasteiger partial charge is 0.492 e. The predicted octanol–water partition coefficient (Wildman–Crippen LogP) is 2.04. The van der Waals surface area contributed by atoms with Crippen LogP contribution >= 0.6 is 11.6 Å². The highest BCUT2D eigenvalue weighted by Gasteiger charge is 1.99. The van der Waals surface area contributed by atoms with Crippen LogP contribution in [0, 0.1) is 0 Å². The average molecular weight is 243 g/mol. The Labute approximate surface area is 99.9 Å². The first-order chi connectivity index (χ1) is 7.74. The van der Waals surface area contributed by atoms with E-state index in [1.165, 1.54) is 0 Å². The summed E-state index contributed by atoms with van der Waals surface area (Å²) in [6.45, 7) is 1.10. The lowest BCUT2D eigenvalue weighted by Gasteiger charge is -2.08. The van der Waals surface area contributed by atoms with Gasteiger partial charge in [-0.05, 0) is 18.6 Å². The molecule has 0 aliphatic rings. The molecule has 0 aliphatic carbocycles. The minimum Gasteiger partial charge on any atom is -0.492 e.